The average molecular weight is 369 g/mol. The Labute approximate surface area is 160 Å². The summed E-state index contributed by atoms with van der Waals surface area (Å²) in [6.07, 6.45) is 0. The van der Waals surface area contributed by atoms with Gasteiger partial charge in [-0.1, -0.05) is 6.07 Å². The van der Waals surface area contributed by atoms with Crippen LogP contribution in [0.3, 0.4) is 0 Å². The van der Waals surface area contributed by atoms with Gasteiger partial charge in [-0.3, -0.25) is 9.69 Å². The van der Waals surface area contributed by atoms with Crippen molar-refractivity contribution in [2.75, 3.05) is 40.5 Å². The maximum atomic E-state index is 13.1. The number of morpholine rings is 1. The van der Waals surface area contributed by atoms with E-state index in [-0.39, 0.29) is 5.78 Å². The lowest BCUT2D eigenvalue weighted by molar-refractivity contribution is 0.0341. The fraction of sp³-hybridized carbons (Fsp3) is 0.409. The molecule has 1 fully saturated rings. The molecule has 1 aliphatic rings. The number of carbonyl (C=O) groups is 1. The van der Waals surface area contributed by atoms with Crippen LogP contribution in [0, 0.1) is 13.8 Å². The van der Waals surface area contributed by atoms with Crippen molar-refractivity contribution in [3.8, 4) is 11.5 Å². The van der Waals surface area contributed by atoms with Crippen molar-refractivity contribution in [1.29, 1.82) is 0 Å². The molecule has 1 aliphatic heterocycles. The fourth-order valence-corrected chi connectivity index (χ4v) is 3.42. The van der Waals surface area contributed by atoms with Gasteiger partial charge in [0, 0.05) is 30.8 Å². The Morgan fingerprint density at radius 1 is 1.00 bits per heavy atom. The molecule has 2 aromatic rings. The summed E-state index contributed by atoms with van der Waals surface area (Å²) >= 11 is 0. The van der Waals surface area contributed by atoms with E-state index in [4.69, 9.17) is 14.2 Å². The summed E-state index contributed by atoms with van der Waals surface area (Å²) in [6, 6.07) is 9.42. The fourth-order valence-electron chi connectivity index (χ4n) is 3.42. The summed E-state index contributed by atoms with van der Waals surface area (Å²) in [5, 5.41) is 0. The predicted octanol–water partition coefficient (Wildman–Crippen LogP) is 3.38. The molecular formula is C22H27NO4. The Morgan fingerprint density at radius 3 is 2.37 bits per heavy atom. The SMILES string of the molecule is COc1ccc(C(=O)c2cc(C)c(CN3CCOCC3)cc2C)cc1OC. The van der Waals surface area contributed by atoms with Crippen molar-refractivity contribution in [2.45, 2.75) is 20.4 Å². The molecule has 3 rings (SSSR count). The van der Waals surface area contributed by atoms with E-state index >= 15 is 0 Å². The molecule has 0 spiro atoms. The highest BCUT2D eigenvalue weighted by Gasteiger charge is 2.18. The number of ether oxygens (including phenoxy) is 3. The lowest BCUT2D eigenvalue weighted by Crippen LogP contribution is -2.35. The van der Waals surface area contributed by atoms with Crippen molar-refractivity contribution >= 4 is 5.78 Å². The highest BCUT2D eigenvalue weighted by Crippen LogP contribution is 2.29. The second-order valence-electron chi connectivity index (χ2n) is 6.88. The van der Waals surface area contributed by atoms with Gasteiger partial charge in [-0.05, 0) is 54.8 Å². The quantitative estimate of drug-likeness (QED) is 0.731. The van der Waals surface area contributed by atoms with Crippen molar-refractivity contribution < 1.29 is 19.0 Å². The van der Waals surface area contributed by atoms with Crippen LogP contribution in [0.2, 0.25) is 0 Å². The van der Waals surface area contributed by atoms with Gasteiger partial charge < -0.3 is 14.2 Å². The van der Waals surface area contributed by atoms with Gasteiger partial charge in [-0.25, -0.2) is 0 Å². The molecule has 27 heavy (non-hydrogen) atoms. The number of benzene rings is 2. The van der Waals surface area contributed by atoms with Gasteiger partial charge in [0.25, 0.3) is 0 Å². The summed E-state index contributed by atoms with van der Waals surface area (Å²) in [6.45, 7) is 8.43. The zero-order chi connectivity index (χ0) is 19.4. The normalized spacial score (nSPS) is 14.8. The molecule has 0 aliphatic carbocycles. The minimum absolute atomic E-state index is 0.00512. The number of hydrogen-bond acceptors (Lipinski definition) is 5. The van der Waals surface area contributed by atoms with Crippen molar-refractivity contribution in [3.05, 3.63) is 58.1 Å². The predicted molar refractivity (Wildman–Crippen MR) is 105 cm³/mol. The number of rotatable bonds is 6. The number of hydrogen-bond donors (Lipinski definition) is 0. The Kier molecular flexibility index (Phi) is 6.14. The molecule has 1 heterocycles. The molecule has 0 radical (unpaired) electrons. The van der Waals surface area contributed by atoms with Crippen molar-refractivity contribution in [1.82, 2.24) is 4.90 Å². The van der Waals surface area contributed by atoms with Gasteiger partial charge in [-0.15, -0.1) is 0 Å². The third-order valence-electron chi connectivity index (χ3n) is 5.07. The topological polar surface area (TPSA) is 48.0 Å². The third-order valence-corrected chi connectivity index (χ3v) is 5.07. The summed E-state index contributed by atoms with van der Waals surface area (Å²) in [4.78, 5) is 15.5. The second kappa shape index (κ2) is 8.55. The molecule has 2 aromatic carbocycles. The number of ketones is 1. The first-order valence-corrected chi connectivity index (χ1v) is 9.20. The molecule has 0 bridgehead atoms. The van der Waals surface area contributed by atoms with Crippen LogP contribution in [0.4, 0.5) is 0 Å². The lowest BCUT2D eigenvalue weighted by atomic mass is 9.94. The Hall–Kier alpha value is -2.37. The van der Waals surface area contributed by atoms with Crippen molar-refractivity contribution in [2.24, 2.45) is 0 Å². The number of methoxy groups -OCH3 is 2. The summed E-state index contributed by atoms with van der Waals surface area (Å²) < 4.78 is 16.0. The minimum atomic E-state index is -0.00512. The lowest BCUT2D eigenvalue weighted by Gasteiger charge is -2.27. The first kappa shape index (κ1) is 19.4. The summed E-state index contributed by atoms with van der Waals surface area (Å²) in [5.74, 6) is 1.17. The molecule has 0 amide bonds. The van der Waals surface area contributed by atoms with Crippen LogP contribution in [0.15, 0.2) is 30.3 Å². The van der Waals surface area contributed by atoms with Crippen molar-refractivity contribution in [3.63, 3.8) is 0 Å². The average Bonchev–Trinajstić information content (AvgIpc) is 2.70. The minimum Gasteiger partial charge on any atom is -0.493 e. The molecule has 5 heteroatoms. The monoisotopic (exact) mass is 369 g/mol. The molecular weight excluding hydrogens is 342 g/mol. The van der Waals surface area contributed by atoms with Gasteiger partial charge >= 0.3 is 0 Å². The maximum absolute atomic E-state index is 13.1. The van der Waals surface area contributed by atoms with E-state index in [9.17, 15) is 4.79 Å². The van der Waals surface area contributed by atoms with E-state index in [2.05, 4.69) is 17.9 Å². The van der Waals surface area contributed by atoms with E-state index in [0.29, 0.717) is 17.1 Å². The van der Waals surface area contributed by atoms with Gasteiger partial charge in [0.15, 0.2) is 17.3 Å². The van der Waals surface area contributed by atoms with Gasteiger partial charge in [0.2, 0.25) is 0 Å². The number of aryl methyl sites for hydroxylation is 2. The van der Waals surface area contributed by atoms with E-state index in [1.165, 1.54) is 5.56 Å². The molecule has 0 unspecified atom stereocenters. The highest BCUT2D eigenvalue weighted by atomic mass is 16.5. The molecule has 0 saturated carbocycles. The van der Waals surface area contributed by atoms with E-state index < -0.39 is 0 Å². The second-order valence-corrected chi connectivity index (χ2v) is 6.88. The summed E-state index contributed by atoms with van der Waals surface area (Å²) in [5.41, 5.74) is 4.71. The Bertz CT molecular complexity index is 825. The van der Waals surface area contributed by atoms with Crippen LogP contribution in [-0.4, -0.2) is 51.2 Å². The van der Waals surface area contributed by atoms with Crippen LogP contribution < -0.4 is 9.47 Å². The zero-order valence-corrected chi connectivity index (χ0v) is 16.5. The molecule has 1 saturated heterocycles. The van der Waals surface area contributed by atoms with Gasteiger partial charge in [0.05, 0.1) is 27.4 Å². The van der Waals surface area contributed by atoms with E-state index in [1.807, 2.05) is 13.0 Å². The third kappa shape index (κ3) is 4.31. The maximum Gasteiger partial charge on any atom is 0.193 e. The molecule has 144 valence electrons. The first-order valence-electron chi connectivity index (χ1n) is 9.20. The Morgan fingerprint density at radius 2 is 1.70 bits per heavy atom. The van der Waals surface area contributed by atoms with Crippen LogP contribution in [0.1, 0.15) is 32.6 Å². The standard InChI is InChI=1S/C22H27NO4/c1-15-12-19(16(2)11-18(15)14-23-7-9-27-10-8-23)22(24)17-5-6-20(25-3)21(13-17)26-4/h5-6,11-13H,7-10,14H2,1-4H3. The van der Waals surface area contributed by atoms with Gasteiger partial charge in [0.1, 0.15) is 0 Å². The Balaban J connectivity index is 1.86. The van der Waals surface area contributed by atoms with Crippen LogP contribution in [0.25, 0.3) is 0 Å². The number of carbonyl (C=O) groups excluding carboxylic acids is 1. The smallest absolute Gasteiger partial charge is 0.193 e. The molecule has 0 N–H and O–H groups in total. The summed E-state index contributed by atoms with van der Waals surface area (Å²) in [7, 11) is 3.15. The van der Waals surface area contributed by atoms with E-state index in [1.54, 1.807) is 32.4 Å². The molecule has 5 nitrogen and oxygen atoms in total. The van der Waals surface area contributed by atoms with Gasteiger partial charge in [-0.2, -0.15) is 0 Å². The first-order chi connectivity index (χ1) is 13.0. The highest BCUT2D eigenvalue weighted by molar-refractivity contribution is 6.10. The van der Waals surface area contributed by atoms with Crippen LogP contribution in [0.5, 0.6) is 11.5 Å². The van der Waals surface area contributed by atoms with E-state index in [0.717, 1.165) is 49.5 Å². The molecule has 0 aromatic heterocycles. The van der Waals surface area contributed by atoms with Crippen LogP contribution in [-0.2, 0) is 11.3 Å². The molecule has 0 atom stereocenters. The largest absolute Gasteiger partial charge is 0.493 e. The number of nitrogens with zero attached hydrogens (tertiary/aromatic N) is 1. The van der Waals surface area contributed by atoms with Crippen LogP contribution >= 0.6 is 0 Å². The zero-order valence-electron chi connectivity index (χ0n) is 16.5.